The van der Waals surface area contributed by atoms with E-state index in [1.165, 1.54) is 32.1 Å². The molecular weight excluding hydrogens is 280 g/mol. The fourth-order valence-corrected chi connectivity index (χ4v) is 3.00. The van der Waals surface area contributed by atoms with Gasteiger partial charge in [-0.3, -0.25) is 4.79 Å². The maximum absolute atomic E-state index is 12.1. The number of nitrogens with zero attached hydrogens (tertiary/aromatic N) is 3. The number of nitroso groups, excluding NO2 is 1. The molecule has 0 spiro atoms. The molecule has 0 aromatic heterocycles. The van der Waals surface area contributed by atoms with E-state index < -0.39 is 0 Å². The molecule has 2 heterocycles. The van der Waals surface area contributed by atoms with Crippen LogP contribution in [0.3, 0.4) is 0 Å². The van der Waals surface area contributed by atoms with Crippen LogP contribution in [0.4, 0.5) is 0 Å². The first-order valence-corrected chi connectivity index (χ1v) is 7.81. The molecule has 1 fully saturated rings. The molecule has 120 valence electrons. The molecule has 1 amide bonds. The number of hydrogen-bond donors (Lipinski definition) is 1. The molecule has 0 radical (unpaired) electrons. The molecule has 0 atom stereocenters. The van der Waals surface area contributed by atoms with Crippen LogP contribution in [0.2, 0.25) is 0 Å². The van der Waals surface area contributed by atoms with E-state index in [2.05, 4.69) is 17.5 Å². The van der Waals surface area contributed by atoms with Crippen molar-refractivity contribution in [2.24, 2.45) is 5.18 Å². The zero-order valence-electron chi connectivity index (χ0n) is 13.4. The summed E-state index contributed by atoms with van der Waals surface area (Å²) in [6, 6.07) is 0. The van der Waals surface area contributed by atoms with Gasteiger partial charge in [-0.2, -0.15) is 0 Å². The van der Waals surface area contributed by atoms with Crippen molar-refractivity contribution in [3.63, 3.8) is 0 Å². The van der Waals surface area contributed by atoms with Crippen LogP contribution >= 0.6 is 0 Å². The van der Waals surface area contributed by atoms with Gasteiger partial charge in [0.25, 0.3) is 5.91 Å². The maximum atomic E-state index is 12.1. The topological polar surface area (TPSA) is 61.8 Å². The van der Waals surface area contributed by atoms with E-state index in [-0.39, 0.29) is 5.91 Å². The largest absolute Gasteiger partial charge is 0.352 e. The first-order chi connectivity index (χ1) is 10.5. The monoisotopic (exact) mass is 305 g/mol. The first-order valence-electron chi connectivity index (χ1n) is 7.81. The predicted molar refractivity (Wildman–Crippen MR) is 86.5 cm³/mol. The van der Waals surface area contributed by atoms with E-state index in [1.807, 2.05) is 0 Å². The van der Waals surface area contributed by atoms with Gasteiger partial charge in [0.2, 0.25) is 0 Å². The lowest BCUT2D eigenvalue weighted by Crippen LogP contribution is -2.42. The predicted octanol–water partition coefficient (Wildman–Crippen LogP) is 1.73. The summed E-state index contributed by atoms with van der Waals surface area (Å²) in [6.07, 6.45) is 9.98. The third-order valence-corrected chi connectivity index (χ3v) is 4.44. The lowest BCUT2D eigenvalue weighted by molar-refractivity contribution is -0.897. The molecule has 22 heavy (non-hydrogen) atoms. The van der Waals surface area contributed by atoms with Crippen LogP contribution in [-0.2, 0) is 4.79 Å². The Bertz CT molecular complexity index is 516. The number of allylic oxidation sites excluding steroid dienone is 1. The maximum Gasteiger partial charge on any atom is 0.251 e. The van der Waals surface area contributed by atoms with Gasteiger partial charge in [-0.1, -0.05) is 0 Å². The molecule has 1 N–H and O–H groups in total. The Hall–Kier alpha value is -1.95. The summed E-state index contributed by atoms with van der Waals surface area (Å²) in [5, 5.41) is 5.71. The van der Waals surface area contributed by atoms with Gasteiger partial charge < -0.3 is 14.7 Å². The molecule has 2 aliphatic heterocycles. The van der Waals surface area contributed by atoms with Crippen molar-refractivity contribution in [2.45, 2.75) is 19.3 Å². The van der Waals surface area contributed by atoms with Crippen LogP contribution in [0.15, 0.2) is 41.0 Å². The Balaban J connectivity index is 1.80. The highest BCUT2D eigenvalue weighted by Crippen LogP contribution is 2.17. The lowest BCUT2D eigenvalue weighted by atomic mass is 10.1. The Morgan fingerprint density at radius 2 is 2.18 bits per heavy atom. The van der Waals surface area contributed by atoms with E-state index >= 15 is 0 Å². The minimum absolute atomic E-state index is 0.106. The lowest BCUT2D eigenvalue weighted by Gasteiger charge is -2.29. The Kier molecular flexibility index (Phi) is 5.49. The highest BCUT2D eigenvalue weighted by Gasteiger charge is 2.25. The number of carbonyl (C=O) groups excluding carboxylic acids is 1. The smallest absolute Gasteiger partial charge is 0.251 e. The van der Waals surface area contributed by atoms with E-state index in [9.17, 15) is 9.70 Å². The normalized spacial score (nSPS) is 21.8. The van der Waals surface area contributed by atoms with E-state index in [1.54, 1.807) is 30.3 Å². The minimum atomic E-state index is -0.106. The van der Waals surface area contributed by atoms with Gasteiger partial charge >= 0.3 is 0 Å². The second-order valence-electron chi connectivity index (χ2n) is 6.29. The number of rotatable bonds is 6. The molecule has 0 saturated carbocycles. The standard InChI is InChI=1S/C16H24N4O2/c1-19-8-6-14(12-15(19)13-18-22)16(21)17-7-5-11-20(2)9-3-4-10-20/h6,8,12-13H,3-5,7,9-11H2,1-2H3/p+1/b15-13+. The van der Waals surface area contributed by atoms with Gasteiger partial charge in [0, 0.05) is 44.6 Å². The van der Waals surface area contributed by atoms with Crippen LogP contribution in [0, 0.1) is 4.91 Å². The van der Waals surface area contributed by atoms with Crippen LogP contribution in [0.1, 0.15) is 19.3 Å². The second-order valence-corrected chi connectivity index (χ2v) is 6.29. The quantitative estimate of drug-likeness (QED) is 0.462. The fraction of sp³-hybridized carbons (Fsp3) is 0.562. The van der Waals surface area contributed by atoms with Gasteiger partial charge in [0.15, 0.2) is 0 Å². The number of amides is 1. The number of quaternary nitrogens is 1. The third kappa shape index (κ3) is 4.27. The molecule has 0 aromatic rings. The summed E-state index contributed by atoms with van der Waals surface area (Å²) in [7, 11) is 4.10. The van der Waals surface area contributed by atoms with Crippen molar-refractivity contribution in [3.8, 4) is 0 Å². The van der Waals surface area contributed by atoms with E-state index in [0.29, 0.717) is 17.8 Å². The molecule has 2 rings (SSSR count). The van der Waals surface area contributed by atoms with Crippen molar-refractivity contribution in [3.05, 3.63) is 40.7 Å². The van der Waals surface area contributed by atoms with Crippen molar-refractivity contribution < 1.29 is 9.28 Å². The molecule has 0 aromatic carbocycles. The molecular formula is C16H25N4O2+. The minimum Gasteiger partial charge on any atom is -0.352 e. The third-order valence-electron chi connectivity index (χ3n) is 4.44. The molecule has 0 aliphatic carbocycles. The Morgan fingerprint density at radius 3 is 2.86 bits per heavy atom. The van der Waals surface area contributed by atoms with E-state index in [0.717, 1.165) is 17.4 Å². The number of nitrogens with one attached hydrogen (secondary N) is 1. The van der Waals surface area contributed by atoms with Crippen LogP contribution in [-0.4, -0.2) is 55.6 Å². The van der Waals surface area contributed by atoms with Gasteiger partial charge in [0.05, 0.1) is 38.6 Å². The van der Waals surface area contributed by atoms with Crippen molar-refractivity contribution in [2.75, 3.05) is 40.3 Å². The van der Waals surface area contributed by atoms with Crippen molar-refractivity contribution in [1.82, 2.24) is 10.2 Å². The first kappa shape index (κ1) is 16.4. The number of carbonyl (C=O) groups is 1. The molecule has 2 aliphatic rings. The average Bonchev–Trinajstić information content (AvgIpc) is 2.93. The van der Waals surface area contributed by atoms with E-state index in [4.69, 9.17) is 0 Å². The van der Waals surface area contributed by atoms with Gasteiger partial charge in [-0.05, 0) is 17.3 Å². The SMILES string of the molecule is CN1C=CC(C(=O)NCCC[N+]2(C)CCCC2)=C/C1=C\N=O. The summed E-state index contributed by atoms with van der Waals surface area (Å²) in [5.41, 5.74) is 1.16. The average molecular weight is 305 g/mol. The molecule has 1 saturated heterocycles. The summed E-state index contributed by atoms with van der Waals surface area (Å²) in [4.78, 5) is 24.2. The van der Waals surface area contributed by atoms with Gasteiger partial charge in [-0.25, -0.2) is 0 Å². The van der Waals surface area contributed by atoms with Crippen molar-refractivity contribution in [1.29, 1.82) is 0 Å². The zero-order chi connectivity index (χ0) is 16.0. The Morgan fingerprint density at radius 1 is 1.45 bits per heavy atom. The van der Waals surface area contributed by atoms with Crippen LogP contribution < -0.4 is 5.32 Å². The van der Waals surface area contributed by atoms with Gasteiger partial charge in [0.1, 0.15) is 0 Å². The fourth-order valence-electron chi connectivity index (χ4n) is 3.00. The Labute approximate surface area is 131 Å². The molecule has 6 heteroatoms. The summed E-state index contributed by atoms with van der Waals surface area (Å²) < 4.78 is 1.13. The zero-order valence-corrected chi connectivity index (χ0v) is 13.4. The highest BCUT2D eigenvalue weighted by molar-refractivity contribution is 5.96. The summed E-state index contributed by atoms with van der Waals surface area (Å²) in [5.74, 6) is -0.106. The van der Waals surface area contributed by atoms with Gasteiger partial charge in [-0.15, -0.1) is 4.91 Å². The van der Waals surface area contributed by atoms with Crippen molar-refractivity contribution >= 4 is 5.91 Å². The van der Waals surface area contributed by atoms with Crippen LogP contribution in [0.25, 0.3) is 0 Å². The number of likely N-dealkylation sites (tertiary alicyclic amines) is 1. The molecule has 0 unspecified atom stereocenters. The summed E-state index contributed by atoms with van der Waals surface area (Å²) in [6.45, 7) is 4.29. The number of hydrogen-bond acceptors (Lipinski definition) is 4. The molecule has 6 nitrogen and oxygen atoms in total. The number of likely N-dealkylation sites (N-methyl/N-ethyl adjacent to an activating group) is 1. The molecule has 0 bridgehead atoms. The summed E-state index contributed by atoms with van der Waals surface area (Å²) >= 11 is 0. The highest BCUT2D eigenvalue weighted by atomic mass is 16.2. The second kappa shape index (κ2) is 7.35. The van der Waals surface area contributed by atoms with Crippen LogP contribution in [0.5, 0.6) is 0 Å².